The summed E-state index contributed by atoms with van der Waals surface area (Å²) in [5.41, 5.74) is 5.53. The van der Waals surface area contributed by atoms with Crippen molar-refractivity contribution in [2.75, 3.05) is 13.6 Å². The lowest BCUT2D eigenvalue weighted by Crippen LogP contribution is -2.34. The lowest BCUT2D eigenvalue weighted by Gasteiger charge is -2.23. The van der Waals surface area contributed by atoms with E-state index < -0.39 is 5.91 Å². The summed E-state index contributed by atoms with van der Waals surface area (Å²) in [6.45, 7) is 8.42. The van der Waals surface area contributed by atoms with Crippen LogP contribution in [0, 0.1) is 0 Å². The summed E-state index contributed by atoms with van der Waals surface area (Å²) in [4.78, 5) is 12.7. The highest BCUT2D eigenvalue weighted by molar-refractivity contribution is 5.92. The van der Waals surface area contributed by atoms with Crippen LogP contribution in [0.1, 0.15) is 13.8 Å². The average molecular weight is 156 g/mol. The van der Waals surface area contributed by atoms with E-state index in [2.05, 4.69) is 6.58 Å². The maximum Gasteiger partial charge on any atom is 0.245 e. The molecule has 0 radical (unpaired) electrons. The zero-order valence-corrected chi connectivity index (χ0v) is 7.42. The first-order chi connectivity index (χ1) is 5.00. The lowest BCUT2D eigenvalue weighted by atomic mass is 10.1. The SMILES string of the molecule is C=C(C(N)=O)C(C)N(C)CC. The van der Waals surface area contributed by atoms with Gasteiger partial charge in [0.05, 0.1) is 0 Å². The van der Waals surface area contributed by atoms with E-state index >= 15 is 0 Å². The smallest absolute Gasteiger partial charge is 0.245 e. The number of carbonyl (C=O) groups is 1. The van der Waals surface area contributed by atoms with Gasteiger partial charge in [-0.2, -0.15) is 0 Å². The second kappa shape index (κ2) is 4.13. The van der Waals surface area contributed by atoms with E-state index in [1.807, 2.05) is 25.8 Å². The average Bonchev–Trinajstić information content (AvgIpc) is 2.00. The molecule has 0 spiro atoms. The summed E-state index contributed by atoms with van der Waals surface area (Å²) in [6, 6.07) is 0.0394. The number of hydrogen-bond acceptors (Lipinski definition) is 2. The van der Waals surface area contributed by atoms with Gasteiger partial charge < -0.3 is 5.73 Å². The highest BCUT2D eigenvalue weighted by Gasteiger charge is 2.14. The molecule has 0 aromatic carbocycles. The van der Waals surface area contributed by atoms with Crippen LogP contribution >= 0.6 is 0 Å². The molecule has 0 fully saturated rings. The number of likely N-dealkylation sites (N-methyl/N-ethyl adjacent to an activating group) is 1. The van der Waals surface area contributed by atoms with Crippen LogP contribution in [0.4, 0.5) is 0 Å². The molecule has 0 heterocycles. The summed E-state index contributed by atoms with van der Waals surface area (Å²) in [5, 5.41) is 0. The Morgan fingerprint density at radius 2 is 2.18 bits per heavy atom. The Morgan fingerprint density at radius 1 is 1.73 bits per heavy atom. The molecule has 0 aliphatic carbocycles. The molecule has 3 nitrogen and oxygen atoms in total. The van der Waals surface area contributed by atoms with Gasteiger partial charge in [0.2, 0.25) is 5.91 Å². The molecule has 0 bridgehead atoms. The number of hydrogen-bond donors (Lipinski definition) is 1. The maximum atomic E-state index is 10.7. The Kier molecular flexibility index (Phi) is 3.82. The van der Waals surface area contributed by atoms with Crippen molar-refractivity contribution in [2.45, 2.75) is 19.9 Å². The Labute approximate surface area is 67.9 Å². The van der Waals surface area contributed by atoms with Crippen LogP contribution in [0.5, 0.6) is 0 Å². The molecule has 1 amide bonds. The van der Waals surface area contributed by atoms with Crippen molar-refractivity contribution >= 4 is 5.91 Å². The van der Waals surface area contributed by atoms with Gasteiger partial charge in [0.1, 0.15) is 0 Å². The molecule has 0 saturated heterocycles. The van der Waals surface area contributed by atoms with Gasteiger partial charge in [-0.05, 0) is 20.5 Å². The van der Waals surface area contributed by atoms with Gasteiger partial charge in [0.15, 0.2) is 0 Å². The molecule has 64 valence electrons. The van der Waals surface area contributed by atoms with Gasteiger partial charge in [0.25, 0.3) is 0 Å². The zero-order valence-electron chi connectivity index (χ0n) is 7.42. The van der Waals surface area contributed by atoms with E-state index in [4.69, 9.17) is 5.73 Å². The van der Waals surface area contributed by atoms with Crippen LogP contribution in [0.3, 0.4) is 0 Å². The topological polar surface area (TPSA) is 46.3 Å². The third-order valence-corrected chi connectivity index (χ3v) is 1.98. The van der Waals surface area contributed by atoms with Crippen molar-refractivity contribution in [3.8, 4) is 0 Å². The standard InChI is InChI=1S/C8H16N2O/c1-5-10(4)7(3)6(2)8(9)11/h7H,2,5H2,1,3-4H3,(H2,9,11). The van der Waals surface area contributed by atoms with E-state index in [-0.39, 0.29) is 6.04 Å². The molecule has 1 unspecified atom stereocenters. The number of rotatable bonds is 4. The largest absolute Gasteiger partial charge is 0.366 e. The third-order valence-electron chi connectivity index (χ3n) is 1.98. The monoisotopic (exact) mass is 156 g/mol. The quantitative estimate of drug-likeness (QED) is 0.598. The highest BCUT2D eigenvalue weighted by Crippen LogP contribution is 2.04. The Hall–Kier alpha value is -0.830. The summed E-state index contributed by atoms with van der Waals surface area (Å²) in [5.74, 6) is -0.419. The number of nitrogens with zero attached hydrogens (tertiary/aromatic N) is 1. The van der Waals surface area contributed by atoms with Crippen LogP contribution in [-0.2, 0) is 4.79 Å². The first-order valence-electron chi connectivity index (χ1n) is 3.69. The van der Waals surface area contributed by atoms with E-state index in [1.165, 1.54) is 0 Å². The molecule has 0 saturated carbocycles. The second-order valence-electron chi connectivity index (χ2n) is 2.64. The number of primary amides is 1. The first kappa shape index (κ1) is 10.2. The first-order valence-corrected chi connectivity index (χ1v) is 3.69. The fourth-order valence-electron chi connectivity index (χ4n) is 0.746. The molecule has 0 aromatic heterocycles. The van der Waals surface area contributed by atoms with Gasteiger partial charge >= 0.3 is 0 Å². The predicted octanol–water partition coefficient (Wildman–Crippen LogP) is 0.368. The molecular weight excluding hydrogens is 140 g/mol. The molecule has 0 aliphatic heterocycles. The van der Waals surface area contributed by atoms with Crippen molar-refractivity contribution in [1.29, 1.82) is 0 Å². The molecule has 0 aromatic rings. The van der Waals surface area contributed by atoms with Crippen LogP contribution < -0.4 is 5.73 Å². The fourth-order valence-corrected chi connectivity index (χ4v) is 0.746. The summed E-state index contributed by atoms with van der Waals surface area (Å²) in [7, 11) is 1.93. The minimum atomic E-state index is -0.419. The summed E-state index contributed by atoms with van der Waals surface area (Å²) >= 11 is 0. The van der Waals surface area contributed by atoms with Crippen LogP contribution in [0.15, 0.2) is 12.2 Å². The Morgan fingerprint density at radius 3 is 2.45 bits per heavy atom. The van der Waals surface area contributed by atoms with Crippen molar-refractivity contribution in [3.63, 3.8) is 0 Å². The summed E-state index contributed by atoms with van der Waals surface area (Å²) in [6.07, 6.45) is 0. The van der Waals surface area contributed by atoms with Crippen LogP contribution in [0.25, 0.3) is 0 Å². The van der Waals surface area contributed by atoms with E-state index in [0.29, 0.717) is 5.57 Å². The molecule has 0 rings (SSSR count). The molecule has 2 N–H and O–H groups in total. The maximum absolute atomic E-state index is 10.7. The van der Waals surface area contributed by atoms with Crippen LogP contribution in [-0.4, -0.2) is 30.4 Å². The molecule has 3 heteroatoms. The number of amides is 1. The Bertz CT molecular complexity index is 165. The van der Waals surface area contributed by atoms with E-state index in [1.54, 1.807) is 0 Å². The van der Waals surface area contributed by atoms with Gasteiger partial charge in [-0.15, -0.1) is 0 Å². The molecule has 11 heavy (non-hydrogen) atoms. The van der Waals surface area contributed by atoms with E-state index in [9.17, 15) is 4.79 Å². The number of nitrogens with two attached hydrogens (primary N) is 1. The van der Waals surface area contributed by atoms with Crippen molar-refractivity contribution < 1.29 is 4.79 Å². The molecule has 1 atom stereocenters. The minimum absolute atomic E-state index is 0.0394. The van der Waals surface area contributed by atoms with Gasteiger partial charge in [-0.1, -0.05) is 13.5 Å². The zero-order chi connectivity index (χ0) is 9.02. The number of carbonyl (C=O) groups excluding carboxylic acids is 1. The minimum Gasteiger partial charge on any atom is -0.366 e. The van der Waals surface area contributed by atoms with Gasteiger partial charge in [0, 0.05) is 11.6 Å². The van der Waals surface area contributed by atoms with Gasteiger partial charge in [-0.25, -0.2) is 0 Å². The second-order valence-corrected chi connectivity index (χ2v) is 2.64. The highest BCUT2D eigenvalue weighted by atomic mass is 16.1. The molecular formula is C8H16N2O. The van der Waals surface area contributed by atoms with Crippen molar-refractivity contribution in [2.24, 2.45) is 5.73 Å². The van der Waals surface area contributed by atoms with Gasteiger partial charge in [-0.3, -0.25) is 9.69 Å². The molecule has 0 aliphatic rings. The van der Waals surface area contributed by atoms with Crippen molar-refractivity contribution in [1.82, 2.24) is 4.90 Å². The van der Waals surface area contributed by atoms with Crippen molar-refractivity contribution in [3.05, 3.63) is 12.2 Å². The normalized spacial score (nSPS) is 13.1. The summed E-state index contributed by atoms with van der Waals surface area (Å²) < 4.78 is 0. The Balaban J connectivity index is 4.13. The third kappa shape index (κ3) is 2.72. The fraction of sp³-hybridized carbons (Fsp3) is 0.625. The van der Waals surface area contributed by atoms with Crippen LogP contribution in [0.2, 0.25) is 0 Å². The lowest BCUT2D eigenvalue weighted by molar-refractivity contribution is -0.115. The predicted molar refractivity (Wildman–Crippen MR) is 46.1 cm³/mol. The van der Waals surface area contributed by atoms with E-state index in [0.717, 1.165) is 6.54 Å².